The molecule has 4 rings (SSSR count). The maximum absolute atomic E-state index is 13.0. The van der Waals surface area contributed by atoms with Gasteiger partial charge in [-0.25, -0.2) is 9.59 Å². The summed E-state index contributed by atoms with van der Waals surface area (Å²) in [4.78, 5) is 26.0. The minimum Gasteiger partial charge on any atom is -0.482 e. The van der Waals surface area contributed by atoms with Crippen molar-refractivity contribution in [2.45, 2.75) is 19.4 Å². The molecular weight excluding hydrogens is 404 g/mol. The average Bonchev–Trinajstić information content (AvgIpc) is 2.82. The molecule has 1 aliphatic rings. The van der Waals surface area contributed by atoms with E-state index in [1.165, 1.54) is 14.2 Å². The Morgan fingerprint density at radius 2 is 1.38 bits per heavy atom. The van der Waals surface area contributed by atoms with Gasteiger partial charge in [0.05, 0.1) is 19.8 Å². The van der Waals surface area contributed by atoms with Gasteiger partial charge in [0.1, 0.15) is 16.9 Å². The first-order valence-corrected chi connectivity index (χ1v) is 10.3. The van der Waals surface area contributed by atoms with Crippen molar-refractivity contribution >= 4 is 18.0 Å². The summed E-state index contributed by atoms with van der Waals surface area (Å²) in [6.45, 7) is 3.76. The molecule has 0 radical (unpaired) electrons. The van der Waals surface area contributed by atoms with Crippen LogP contribution in [0.3, 0.4) is 0 Å². The summed E-state index contributed by atoms with van der Waals surface area (Å²) in [6, 6.07) is 19.5. The molecule has 162 valence electrons. The predicted molar refractivity (Wildman–Crippen MR) is 124 cm³/mol. The van der Waals surface area contributed by atoms with E-state index in [1.807, 2.05) is 86.7 Å². The van der Waals surface area contributed by atoms with Crippen LogP contribution in [0.15, 0.2) is 66.7 Å². The Morgan fingerprint density at radius 3 is 2.03 bits per heavy atom. The van der Waals surface area contributed by atoms with Gasteiger partial charge in [-0.15, -0.1) is 0 Å². The van der Waals surface area contributed by atoms with E-state index in [-0.39, 0.29) is 11.1 Å². The Kier molecular flexibility index (Phi) is 5.57. The smallest absolute Gasteiger partial charge is 0.342 e. The number of carbonyl (C=O) groups excluding carboxylic acids is 2. The van der Waals surface area contributed by atoms with Crippen molar-refractivity contribution in [1.29, 1.82) is 0 Å². The fourth-order valence-electron chi connectivity index (χ4n) is 3.92. The Hall–Kier alpha value is -3.86. The van der Waals surface area contributed by atoms with Crippen molar-refractivity contribution in [3.05, 3.63) is 83.4 Å². The summed E-state index contributed by atoms with van der Waals surface area (Å²) < 4.78 is 16.3. The van der Waals surface area contributed by atoms with Gasteiger partial charge < -0.3 is 14.2 Å². The highest BCUT2D eigenvalue weighted by Crippen LogP contribution is 2.43. The number of benzene rings is 3. The molecule has 0 saturated heterocycles. The summed E-state index contributed by atoms with van der Waals surface area (Å²) >= 11 is 0. The van der Waals surface area contributed by atoms with Crippen LogP contribution in [0.1, 0.15) is 40.1 Å². The number of carbonyl (C=O) groups is 2. The topological polar surface area (TPSA) is 61.8 Å². The first kappa shape index (κ1) is 21.4. The molecule has 0 aliphatic carbocycles. The van der Waals surface area contributed by atoms with Crippen molar-refractivity contribution in [2.75, 3.05) is 14.2 Å². The Morgan fingerprint density at radius 1 is 0.781 bits per heavy atom. The Labute approximate surface area is 187 Å². The SMILES string of the molecule is COC(=O)c1c(-c2ccccc2-c2ccccc2)cc2c(c1C(=O)OC)OC(C)(C)C=C2. The highest BCUT2D eigenvalue weighted by Gasteiger charge is 2.34. The molecule has 0 N–H and O–H groups in total. The minimum atomic E-state index is -0.660. The molecule has 5 nitrogen and oxygen atoms in total. The van der Waals surface area contributed by atoms with Gasteiger partial charge in [-0.3, -0.25) is 0 Å². The van der Waals surface area contributed by atoms with Gasteiger partial charge in [-0.2, -0.15) is 0 Å². The molecule has 0 bridgehead atoms. The van der Waals surface area contributed by atoms with E-state index in [0.717, 1.165) is 16.7 Å². The van der Waals surface area contributed by atoms with Crippen LogP contribution < -0.4 is 4.74 Å². The Bertz CT molecular complexity index is 1220. The van der Waals surface area contributed by atoms with Crippen LogP contribution in [0, 0.1) is 0 Å². The summed E-state index contributed by atoms with van der Waals surface area (Å²) in [5.74, 6) is -0.987. The van der Waals surface area contributed by atoms with E-state index in [1.54, 1.807) is 0 Å². The normalized spacial score (nSPS) is 13.6. The third-order valence-corrected chi connectivity index (χ3v) is 5.42. The van der Waals surface area contributed by atoms with E-state index < -0.39 is 17.5 Å². The summed E-state index contributed by atoms with van der Waals surface area (Å²) in [5.41, 5.74) is 3.51. The third-order valence-electron chi connectivity index (χ3n) is 5.42. The quantitative estimate of drug-likeness (QED) is 0.493. The lowest BCUT2D eigenvalue weighted by Crippen LogP contribution is -2.30. The van der Waals surface area contributed by atoms with Crippen LogP contribution in [-0.4, -0.2) is 31.8 Å². The average molecular weight is 428 g/mol. The van der Waals surface area contributed by atoms with Gasteiger partial charge >= 0.3 is 11.9 Å². The molecule has 0 saturated carbocycles. The second-order valence-electron chi connectivity index (χ2n) is 8.03. The molecule has 0 spiro atoms. The van der Waals surface area contributed by atoms with Crippen LogP contribution in [-0.2, 0) is 9.47 Å². The summed E-state index contributed by atoms with van der Waals surface area (Å²) in [5, 5.41) is 0. The van der Waals surface area contributed by atoms with Crippen molar-refractivity contribution in [3.8, 4) is 28.0 Å². The number of fused-ring (bicyclic) bond motifs is 1. The lowest BCUT2D eigenvalue weighted by atomic mass is 9.86. The first-order chi connectivity index (χ1) is 15.4. The molecule has 32 heavy (non-hydrogen) atoms. The molecule has 1 heterocycles. The second-order valence-corrected chi connectivity index (χ2v) is 8.03. The molecule has 0 aromatic heterocycles. The highest BCUT2D eigenvalue weighted by molar-refractivity contribution is 6.11. The summed E-state index contributed by atoms with van der Waals surface area (Å²) in [7, 11) is 2.57. The van der Waals surface area contributed by atoms with E-state index >= 15 is 0 Å². The number of hydrogen-bond donors (Lipinski definition) is 0. The molecule has 5 heteroatoms. The van der Waals surface area contributed by atoms with Gasteiger partial charge in [0.25, 0.3) is 0 Å². The number of rotatable bonds is 4. The molecule has 0 unspecified atom stereocenters. The largest absolute Gasteiger partial charge is 0.482 e. The van der Waals surface area contributed by atoms with Gasteiger partial charge in [0.2, 0.25) is 0 Å². The van der Waals surface area contributed by atoms with Crippen LogP contribution >= 0.6 is 0 Å². The maximum Gasteiger partial charge on any atom is 0.342 e. The molecule has 0 fully saturated rings. The van der Waals surface area contributed by atoms with Crippen LogP contribution in [0.5, 0.6) is 5.75 Å². The van der Waals surface area contributed by atoms with Crippen molar-refractivity contribution < 1.29 is 23.8 Å². The number of esters is 2. The van der Waals surface area contributed by atoms with Gasteiger partial charge in [0, 0.05) is 5.56 Å². The minimum absolute atomic E-state index is 0.0622. The molecule has 0 atom stereocenters. The van der Waals surface area contributed by atoms with E-state index in [4.69, 9.17) is 14.2 Å². The van der Waals surface area contributed by atoms with Gasteiger partial charge in [0.15, 0.2) is 0 Å². The fraction of sp³-hybridized carbons (Fsp3) is 0.185. The van der Waals surface area contributed by atoms with Crippen LogP contribution in [0.25, 0.3) is 28.3 Å². The third kappa shape index (κ3) is 3.78. The fourth-order valence-corrected chi connectivity index (χ4v) is 3.92. The maximum atomic E-state index is 13.0. The predicted octanol–water partition coefficient (Wildman–Crippen LogP) is 5.78. The van der Waals surface area contributed by atoms with Gasteiger partial charge in [-0.1, -0.05) is 60.7 Å². The number of ether oxygens (including phenoxy) is 3. The zero-order valence-electron chi connectivity index (χ0n) is 18.5. The van der Waals surface area contributed by atoms with Gasteiger partial charge in [-0.05, 0) is 48.2 Å². The van der Waals surface area contributed by atoms with Crippen molar-refractivity contribution in [1.82, 2.24) is 0 Å². The van der Waals surface area contributed by atoms with Crippen LogP contribution in [0.2, 0.25) is 0 Å². The molecular formula is C27H24O5. The van der Waals surface area contributed by atoms with Crippen LogP contribution in [0.4, 0.5) is 0 Å². The first-order valence-electron chi connectivity index (χ1n) is 10.3. The standard InChI is InChI=1S/C27H24O5/c1-27(2)15-14-18-16-21(20-13-9-8-12-19(20)17-10-6-5-7-11-17)22(25(28)30-3)23(24(18)32-27)26(29)31-4/h5-16H,1-4H3. The lowest BCUT2D eigenvalue weighted by molar-refractivity contribution is 0.0545. The van der Waals surface area contributed by atoms with E-state index in [2.05, 4.69) is 0 Å². The lowest BCUT2D eigenvalue weighted by Gasteiger charge is -2.30. The van der Waals surface area contributed by atoms with E-state index in [9.17, 15) is 9.59 Å². The van der Waals surface area contributed by atoms with Crippen molar-refractivity contribution in [2.24, 2.45) is 0 Å². The molecule has 1 aliphatic heterocycles. The zero-order chi connectivity index (χ0) is 22.9. The molecule has 0 amide bonds. The summed E-state index contributed by atoms with van der Waals surface area (Å²) in [6.07, 6.45) is 3.82. The second kappa shape index (κ2) is 8.35. The number of hydrogen-bond acceptors (Lipinski definition) is 5. The van der Waals surface area contributed by atoms with E-state index in [0.29, 0.717) is 16.9 Å². The monoisotopic (exact) mass is 428 g/mol. The number of methoxy groups -OCH3 is 2. The Balaban J connectivity index is 2.09. The molecule has 3 aromatic carbocycles. The molecule has 3 aromatic rings. The van der Waals surface area contributed by atoms with Crippen molar-refractivity contribution in [3.63, 3.8) is 0 Å². The highest BCUT2D eigenvalue weighted by atomic mass is 16.5. The zero-order valence-corrected chi connectivity index (χ0v) is 18.5.